The summed E-state index contributed by atoms with van der Waals surface area (Å²) in [6.45, 7) is 2.56. The minimum atomic E-state index is -1.23. The van der Waals surface area contributed by atoms with E-state index in [1.54, 1.807) is 31.2 Å². The van der Waals surface area contributed by atoms with Gasteiger partial charge in [0.05, 0.1) is 20.9 Å². The van der Waals surface area contributed by atoms with Crippen molar-refractivity contribution in [1.82, 2.24) is 4.90 Å². The summed E-state index contributed by atoms with van der Waals surface area (Å²) >= 11 is 8.26. The summed E-state index contributed by atoms with van der Waals surface area (Å²) in [7, 11) is 0. The number of halogens is 4. The fourth-order valence-electron chi connectivity index (χ4n) is 2.89. The highest BCUT2D eigenvalue weighted by atomic mass is 127. The maximum Gasteiger partial charge on any atom is 0.326 e. The predicted octanol–water partition coefficient (Wildman–Crippen LogP) is 5.01. The number of benzene rings is 2. The average Bonchev–Trinajstić information content (AvgIpc) is 2.71. The highest BCUT2D eigenvalue weighted by Gasteiger charge is 2.30. The molecular formula is C21H19I4NO7. The molecule has 0 spiro atoms. The van der Waals surface area contributed by atoms with E-state index in [1.165, 1.54) is 6.92 Å². The molecule has 2 aromatic rings. The van der Waals surface area contributed by atoms with Crippen molar-refractivity contribution in [1.29, 1.82) is 0 Å². The van der Waals surface area contributed by atoms with Gasteiger partial charge in [-0.25, -0.2) is 4.79 Å². The van der Waals surface area contributed by atoms with Crippen LogP contribution in [0.15, 0.2) is 24.3 Å². The fraction of sp³-hybridized carbons (Fsp3) is 0.286. The van der Waals surface area contributed by atoms with Crippen LogP contribution >= 0.6 is 90.4 Å². The van der Waals surface area contributed by atoms with Crippen molar-refractivity contribution in [2.75, 3.05) is 13.2 Å². The molecule has 0 fully saturated rings. The topological polar surface area (TPSA) is 113 Å². The van der Waals surface area contributed by atoms with Gasteiger partial charge in [0.1, 0.15) is 24.1 Å². The predicted molar refractivity (Wildman–Crippen MR) is 155 cm³/mol. The minimum absolute atomic E-state index is 0.00953. The van der Waals surface area contributed by atoms with Crippen LogP contribution in [0, 0.1) is 14.3 Å². The van der Waals surface area contributed by atoms with Crippen LogP contribution in [0.2, 0.25) is 0 Å². The third-order valence-electron chi connectivity index (χ3n) is 4.37. The van der Waals surface area contributed by atoms with Gasteiger partial charge in [0.15, 0.2) is 5.75 Å². The molecule has 0 aromatic heterocycles. The zero-order chi connectivity index (χ0) is 24.9. The van der Waals surface area contributed by atoms with Crippen molar-refractivity contribution in [2.45, 2.75) is 26.3 Å². The van der Waals surface area contributed by atoms with Gasteiger partial charge in [0.2, 0.25) is 5.91 Å². The number of carbonyl (C=O) groups excluding carboxylic acids is 2. The zero-order valence-electron chi connectivity index (χ0n) is 17.4. The van der Waals surface area contributed by atoms with Gasteiger partial charge in [-0.2, -0.15) is 0 Å². The number of carboxylic acid groups (broad SMARTS) is 1. The van der Waals surface area contributed by atoms with Crippen LogP contribution in [-0.4, -0.2) is 52.2 Å². The molecule has 0 saturated heterocycles. The van der Waals surface area contributed by atoms with E-state index in [2.05, 4.69) is 45.2 Å². The molecule has 8 nitrogen and oxygen atoms in total. The third kappa shape index (κ3) is 7.94. The third-order valence-corrected chi connectivity index (χ3v) is 7.62. The standard InChI is InChI=1S/C21H19I4NO7/c1-3-32-18(28)9-26(10(2)27)17(21(30)31)6-11-4-15(24)20(16(25)5-11)33-12-7-13(22)19(29)14(23)8-12/h4-5,7-8,17,29H,3,6,9H2,1-2H3,(H,30,31). The van der Waals surface area contributed by atoms with Crippen molar-refractivity contribution in [2.24, 2.45) is 0 Å². The Morgan fingerprint density at radius 2 is 1.55 bits per heavy atom. The number of hydrogen-bond acceptors (Lipinski definition) is 6. The van der Waals surface area contributed by atoms with Gasteiger partial charge in [-0.1, -0.05) is 0 Å². The second-order valence-corrected chi connectivity index (χ2v) is 11.4. The van der Waals surface area contributed by atoms with E-state index in [0.717, 1.165) is 12.0 Å². The van der Waals surface area contributed by atoms with Gasteiger partial charge >= 0.3 is 11.9 Å². The number of aliphatic carboxylic acids is 1. The largest absolute Gasteiger partial charge is 0.506 e. The molecule has 0 saturated carbocycles. The number of nitrogens with zero attached hydrogens (tertiary/aromatic N) is 1. The summed E-state index contributed by atoms with van der Waals surface area (Å²) in [4.78, 5) is 37.0. The van der Waals surface area contributed by atoms with E-state index in [0.29, 0.717) is 24.2 Å². The van der Waals surface area contributed by atoms with Crippen molar-refractivity contribution >= 4 is 108 Å². The molecule has 0 aliphatic rings. The van der Waals surface area contributed by atoms with Gasteiger partial charge in [-0.15, -0.1) is 0 Å². The molecule has 33 heavy (non-hydrogen) atoms. The molecule has 0 radical (unpaired) electrons. The summed E-state index contributed by atoms with van der Waals surface area (Å²) in [5.74, 6) is -1.06. The molecule has 178 valence electrons. The maximum absolute atomic E-state index is 12.1. The van der Waals surface area contributed by atoms with Gasteiger partial charge in [-0.3, -0.25) is 9.59 Å². The van der Waals surface area contributed by atoms with Gasteiger partial charge in [0.25, 0.3) is 0 Å². The van der Waals surface area contributed by atoms with Gasteiger partial charge < -0.3 is 24.6 Å². The first-order chi connectivity index (χ1) is 15.4. The fourth-order valence-corrected chi connectivity index (χ4v) is 6.72. The smallest absolute Gasteiger partial charge is 0.326 e. The number of carboxylic acids is 1. The van der Waals surface area contributed by atoms with E-state index in [1.807, 2.05) is 45.2 Å². The van der Waals surface area contributed by atoms with Crippen molar-refractivity contribution in [3.63, 3.8) is 0 Å². The first kappa shape index (κ1) is 28.6. The summed E-state index contributed by atoms with van der Waals surface area (Å²) in [5.41, 5.74) is 0.675. The van der Waals surface area contributed by atoms with Crippen LogP contribution in [0.25, 0.3) is 0 Å². The first-order valence-corrected chi connectivity index (χ1v) is 13.8. The number of rotatable bonds is 9. The quantitative estimate of drug-likeness (QED) is 0.269. The van der Waals surface area contributed by atoms with Crippen LogP contribution < -0.4 is 4.74 Å². The SMILES string of the molecule is CCOC(=O)CN(C(C)=O)C(Cc1cc(I)c(Oc2cc(I)c(O)c(I)c2)c(I)c1)C(=O)O. The van der Waals surface area contributed by atoms with Crippen LogP contribution in [0.3, 0.4) is 0 Å². The van der Waals surface area contributed by atoms with Crippen molar-refractivity contribution in [3.8, 4) is 17.2 Å². The van der Waals surface area contributed by atoms with Crippen molar-refractivity contribution in [3.05, 3.63) is 44.1 Å². The molecule has 12 heteroatoms. The Kier molecular flexibility index (Phi) is 11.2. The van der Waals surface area contributed by atoms with E-state index in [-0.39, 0.29) is 18.8 Å². The Bertz CT molecular complexity index is 1030. The lowest BCUT2D eigenvalue weighted by Crippen LogP contribution is -2.48. The summed E-state index contributed by atoms with van der Waals surface area (Å²) in [5, 5.41) is 19.7. The molecule has 1 unspecified atom stereocenters. The normalized spacial score (nSPS) is 11.6. The lowest BCUT2D eigenvalue weighted by Gasteiger charge is -2.27. The summed E-state index contributed by atoms with van der Waals surface area (Å²) in [6, 6.07) is 5.78. The number of aromatic hydroxyl groups is 1. The highest BCUT2D eigenvalue weighted by molar-refractivity contribution is 14.1. The van der Waals surface area contributed by atoms with Crippen LogP contribution in [-0.2, 0) is 25.5 Å². The summed E-state index contributed by atoms with van der Waals surface area (Å²) in [6.07, 6.45) is 0.00953. The summed E-state index contributed by atoms with van der Waals surface area (Å²) < 4.78 is 13.7. The van der Waals surface area contributed by atoms with E-state index in [9.17, 15) is 24.6 Å². The van der Waals surface area contributed by atoms with Crippen LogP contribution in [0.1, 0.15) is 19.4 Å². The molecule has 2 aromatic carbocycles. The Labute approximate surface area is 245 Å². The lowest BCUT2D eigenvalue weighted by molar-refractivity contribution is -0.155. The van der Waals surface area contributed by atoms with Gasteiger partial charge in [-0.05, 0) is 127 Å². The number of amides is 1. The number of hydrogen-bond donors (Lipinski definition) is 2. The molecule has 1 atom stereocenters. The lowest BCUT2D eigenvalue weighted by atomic mass is 10.0. The van der Waals surface area contributed by atoms with E-state index >= 15 is 0 Å². The second-order valence-electron chi connectivity index (χ2n) is 6.74. The molecule has 0 bridgehead atoms. The number of ether oxygens (including phenoxy) is 2. The van der Waals surface area contributed by atoms with E-state index in [4.69, 9.17) is 9.47 Å². The molecule has 0 aliphatic carbocycles. The van der Waals surface area contributed by atoms with E-state index < -0.39 is 30.4 Å². The zero-order valence-corrected chi connectivity index (χ0v) is 26.0. The Morgan fingerprint density at radius 3 is 2.00 bits per heavy atom. The molecule has 1 amide bonds. The molecular weight excluding hydrogens is 886 g/mol. The number of carbonyl (C=O) groups is 3. The number of phenolic OH excluding ortho intramolecular Hbond substituents is 1. The van der Waals surface area contributed by atoms with Gasteiger partial charge in [0, 0.05) is 13.3 Å². The molecule has 2 N–H and O–H groups in total. The number of esters is 1. The molecule has 0 heterocycles. The second kappa shape index (κ2) is 12.9. The first-order valence-electron chi connectivity index (χ1n) is 9.44. The monoisotopic (exact) mass is 905 g/mol. The van der Waals surface area contributed by atoms with Crippen molar-refractivity contribution < 1.29 is 34.1 Å². The number of phenols is 1. The average molecular weight is 905 g/mol. The Morgan fingerprint density at radius 1 is 1.00 bits per heavy atom. The minimum Gasteiger partial charge on any atom is -0.506 e. The molecule has 2 rings (SSSR count). The molecule has 0 aliphatic heterocycles. The Hall–Kier alpha value is -0.630. The van der Waals surface area contributed by atoms with Crippen LogP contribution in [0.4, 0.5) is 0 Å². The maximum atomic E-state index is 12.1. The Balaban J connectivity index is 2.32. The van der Waals surface area contributed by atoms with Crippen LogP contribution in [0.5, 0.6) is 17.2 Å². The highest BCUT2D eigenvalue weighted by Crippen LogP contribution is 2.37.